The molecule has 1 fully saturated rings. The lowest BCUT2D eigenvalue weighted by Crippen LogP contribution is -2.50. The second kappa shape index (κ2) is 3.82. The molecule has 14 heavy (non-hydrogen) atoms. The maximum Gasteiger partial charge on any atom is 0.259 e. The Hall–Kier alpha value is -1.32. The minimum atomic E-state index is -0.226. The highest BCUT2D eigenvalue weighted by Gasteiger charge is 2.30. The third-order valence-electron chi connectivity index (χ3n) is 2.30. The van der Waals surface area contributed by atoms with Crippen molar-refractivity contribution in [2.75, 3.05) is 13.1 Å². The number of aliphatic hydroxyl groups excluding tert-OH is 1. The number of nitrogens with zero attached hydrogens (tertiary/aromatic N) is 1. The maximum absolute atomic E-state index is 11.7. The zero-order chi connectivity index (χ0) is 10.9. The summed E-state index contributed by atoms with van der Waals surface area (Å²) in [6.07, 6.45) is 0. The van der Waals surface area contributed by atoms with Gasteiger partial charge in [0.25, 0.3) is 5.91 Å². The molecule has 0 aromatic rings. The van der Waals surface area contributed by atoms with Crippen LogP contribution < -0.4 is 0 Å². The largest absolute Gasteiger partial charge is 0.512 e. The Kier molecular flexibility index (Phi) is 2.93. The van der Waals surface area contributed by atoms with Gasteiger partial charge in [-0.05, 0) is 19.8 Å². The van der Waals surface area contributed by atoms with Crippen molar-refractivity contribution >= 4 is 11.6 Å². The number of carbonyl (C=O) groups is 1. The molecule has 0 aliphatic carbocycles. The van der Waals surface area contributed by atoms with E-state index in [9.17, 15) is 9.90 Å². The Morgan fingerprint density at radius 2 is 1.93 bits per heavy atom. The van der Waals surface area contributed by atoms with Crippen molar-refractivity contribution in [3.05, 3.63) is 11.3 Å². The van der Waals surface area contributed by atoms with Gasteiger partial charge in [-0.1, -0.05) is 6.92 Å². The van der Waals surface area contributed by atoms with Crippen LogP contribution in [0.3, 0.4) is 0 Å². The highest BCUT2D eigenvalue weighted by Crippen LogP contribution is 2.18. The molecule has 0 aromatic heterocycles. The predicted molar refractivity (Wildman–Crippen MR) is 54.5 cm³/mol. The third-order valence-corrected chi connectivity index (χ3v) is 2.30. The summed E-state index contributed by atoms with van der Waals surface area (Å²) in [5, 5.41) is 16.7. The molecule has 0 atom stereocenters. The molecule has 4 nitrogen and oxygen atoms in total. The first-order chi connectivity index (χ1) is 6.43. The van der Waals surface area contributed by atoms with Gasteiger partial charge < -0.3 is 15.4 Å². The number of aliphatic hydroxyl groups is 1. The zero-order valence-electron chi connectivity index (χ0n) is 8.79. The van der Waals surface area contributed by atoms with Crippen LogP contribution in [0.15, 0.2) is 11.3 Å². The topological polar surface area (TPSA) is 64.4 Å². The van der Waals surface area contributed by atoms with Gasteiger partial charge in [-0.25, -0.2) is 0 Å². The molecule has 1 heterocycles. The number of hydrogen-bond acceptors (Lipinski definition) is 3. The lowest BCUT2D eigenvalue weighted by atomic mass is 10.00. The molecule has 1 rings (SSSR count). The van der Waals surface area contributed by atoms with Crippen molar-refractivity contribution in [3.8, 4) is 0 Å². The molecule has 0 unspecified atom stereocenters. The molecule has 0 saturated carbocycles. The van der Waals surface area contributed by atoms with Crippen molar-refractivity contribution in [2.24, 2.45) is 5.92 Å². The standard InChI is InChI=1S/C10H16N2O2/c1-6-4-12(5-6)10(14)9(7(2)11)8(3)13/h6,11,13H,4-5H2,1-3H3/b9-8+,11-7?. The molecular weight excluding hydrogens is 180 g/mol. The monoisotopic (exact) mass is 196 g/mol. The van der Waals surface area contributed by atoms with Crippen molar-refractivity contribution in [2.45, 2.75) is 20.8 Å². The van der Waals surface area contributed by atoms with Gasteiger partial charge in [-0.3, -0.25) is 4.79 Å². The molecule has 1 aliphatic heterocycles. The number of nitrogens with one attached hydrogen (secondary N) is 1. The summed E-state index contributed by atoms with van der Waals surface area (Å²) in [5.74, 6) is 0.239. The summed E-state index contributed by atoms with van der Waals surface area (Å²) in [5.41, 5.74) is 0.256. The van der Waals surface area contributed by atoms with Crippen LogP contribution in [0.2, 0.25) is 0 Å². The molecule has 0 radical (unpaired) electrons. The summed E-state index contributed by atoms with van der Waals surface area (Å²) >= 11 is 0. The van der Waals surface area contributed by atoms with Gasteiger partial charge in [0.05, 0.1) is 5.57 Å². The fraction of sp³-hybridized carbons (Fsp3) is 0.600. The number of amides is 1. The minimum absolute atomic E-state index is 0.0675. The fourth-order valence-corrected chi connectivity index (χ4v) is 1.61. The summed E-state index contributed by atoms with van der Waals surface area (Å²) in [6.45, 7) is 6.46. The highest BCUT2D eigenvalue weighted by atomic mass is 16.3. The van der Waals surface area contributed by atoms with Crippen LogP contribution in [-0.4, -0.2) is 34.7 Å². The summed E-state index contributed by atoms with van der Waals surface area (Å²) in [4.78, 5) is 13.4. The molecular formula is C10H16N2O2. The highest BCUT2D eigenvalue weighted by molar-refractivity contribution is 6.19. The first kappa shape index (κ1) is 10.8. The van der Waals surface area contributed by atoms with Crippen LogP contribution >= 0.6 is 0 Å². The van der Waals surface area contributed by atoms with Crippen LogP contribution in [0.5, 0.6) is 0 Å². The number of allylic oxidation sites excluding steroid dienone is 1. The van der Waals surface area contributed by atoms with Gasteiger partial charge in [-0.2, -0.15) is 0 Å². The number of likely N-dealkylation sites (tertiary alicyclic amines) is 1. The molecule has 1 amide bonds. The molecule has 0 bridgehead atoms. The Labute approximate surface area is 83.7 Å². The smallest absolute Gasteiger partial charge is 0.259 e. The lowest BCUT2D eigenvalue weighted by molar-refractivity contribution is -0.132. The van der Waals surface area contributed by atoms with E-state index in [1.165, 1.54) is 13.8 Å². The maximum atomic E-state index is 11.7. The predicted octanol–water partition coefficient (Wildman–Crippen LogP) is 1.34. The number of rotatable bonds is 2. The van der Waals surface area contributed by atoms with E-state index in [1.54, 1.807) is 4.90 Å². The number of hydrogen-bond donors (Lipinski definition) is 2. The first-order valence-corrected chi connectivity index (χ1v) is 4.68. The lowest BCUT2D eigenvalue weighted by Gasteiger charge is -2.37. The van der Waals surface area contributed by atoms with Gasteiger partial charge in [0.2, 0.25) is 0 Å². The van der Waals surface area contributed by atoms with E-state index in [1.807, 2.05) is 0 Å². The third kappa shape index (κ3) is 1.95. The second-order valence-corrected chi connectivity index (χ2v) is 3.90. The van der Waals surface area contributed by atoms with Gasteiger partial charge in [0.1, 0.15) is 5.76 Å². The van der Waals surface area contributed by atoms with Crippen LogP contribution in [0, 0.1) is 11.3 Å². The normalized spacial score (nSPS) is 18.6. The van der Waals surface area contributed by atoms with Crippen LogP contribution in [0.25, 0.3) is 0 Å². The van der Waals surface area contributed by atoms with E-state index >= 15 is 0 Å². The Balaban J connectivity index is 2.77. The quantitative estimate of drug-likeness (QED) is 0.397. The van der Waals surface area contributed by atoms with E-state index in [4.69, 9.17) is 5.41 Å². The Morgan fingerprint density at radius 3 is 2.21 bits per heavy atom. The van der Waals surface area contributed by atoms with Gasteiger partial charge >= 0.3 is 0 Å². The van der Waals surface area contributed by atoms with Crippen molar-refractivity contribution in [1.29, 1.82) is 5.41 Å². The zero-order valence-corrected chi connectivity index (χ0v) is 8.79. The summed E-state index contributed by atoms with van der Waals surface area (Å²) in [6, 6.07) is 0. The van der Waals surface area contributed by atoms with Crippen LogP contribution in [0.1, 0.15) is 20.8 Å². The number of carbonyl (C=O) groups excluding carboxylic acids is 1. The summed E-state index contributed by atoms with van der Waals surface area (Å²) < 4.78 is 0. The van der Waals surface area contributed by atoms with Crippen LogP contribution in [0.4, 0.5) is 0 Å². The van der Waals surface area contributed by atoms with Crippen LogP contribution in [-0.2, 0) is 4.79 Å². The average molecular weight is 196 g/mol. The van der Waals surface area contributed by atoms with Crippen molar-refractivity contribution in [1.82, 2.24) is 4.90 Å². The van der Waals surface area contributed by atoms with Crippen molar-refractivity contribution < 1.29 is 9.90 Å². The molecule has 1 saturated heterocycles. The molecule has 2 N–H and O–H groups in total. The Morgan fingerprint density at radius 1 is 1.43 bits per heavy atom. The van der Waals surface area contributed by atoms with E-state index in [-0.39, 0.29) is 23.0 Å². The SMILES string of the molecule is CC(=N)/C(C(=O)N1CC(C)C1)=C(/C)O. The van der Waals surface area contributed by atoms with Crippen molar-refractivity contribution in [3.63, 3.8) is 0 Å². The first-order valence-electron chi connectivity index (χ1n) is 4.68. The van der Waals surface area contributed by atoms with Gasteiger partial charge in [0, 0.05) is 18.8 Å². The van der Waals surface area contributed by atoms with Gasteiger partial charge in [0.15, 0.2) is 0 Å². The molecule has 1 aliphatic rings. The minimum Gasteiger partial charge on any atom is -0.512 e. The van der Waals surface area contributed by atoms with E-state index < -0.39 is 0 Å². The molecule has 0 aromatic carbocycles. The average Bonchev–Trinajstić information content (AvgIpc) is 1.96. The van der Waals surface area contributed by atoms with E-state index in [2.05, 4.69) is 6.92 Å². The van der Waals surface area contributed by atoms with E-state index in [0.717, 1.165) is 13.1 Å². The Bertz CT molecular complexity index is 297. The molecule has 78 valence electrons. The summed E-state index contributed by atoms with van der Waals surface area (Å²) in [7, 11) is 0. The van der Waals surface area contributed by atoms with E-state index in [0.29, 0.717) is 5.92 Å². The molecule has 4 heteroatoms. The second-order valence-electron chi connectivity index (χ2n) is 3.90. The fourth-order valence-electron chi connectivity index (χ4n) is 1.61. The molecule has 0 spiro atoms. The van der Waals surface area contributed by atoms with Gasteiger partial charge in [-0.15, -0.1) is 0 Å².